The van der Waals surface area contributed by atoms with Crippen molar-refractivity contribution in [1.82, 2.24) is 0 Å². The van der Waals surface area contributed by atoms with E-state index >= 15 is 0 Å². The monoisotopic (exact) mass is 431 g/mol. The Hall–Kier alpha value is -4.24. The largest absolute Gasteiger partial charge is 0.508 e. The van der Waals surface area contributed by atoms with E-state index in [-0.39, 0.29) is 17.1 Å². The van der Waals surface area contributed by atoms with Crippen molar-refractivity contribution in [3.63, 3.8) is 0 Å². The Kier molecular flexibility index (Phi) is 4.60. The highest BCUT2D eigenvalue weighted by molar-refractivity contribution is 6.23. The number of phenols is 1. The maximum atomic E-state index is 13.5. The number of nitro groups is 1. The van der Waals surface area contributed by atoms with Gasteiger partial charge in [0.1, 0.15) is 11.7 Å². The molecule has 3 aromatic carbocycles. The number of phenolic OH excluding ortho intramolecular Hbond substituents is 1. The van der Waals surface area contributed by atoms with Crippen LogP contribution < -0.4 is 9.96 Å². The number of amides is 2. The molecule has 160 valence electrons. The normalized spacial score (nSPS) is 22.3. The molecule has 9 nitrogen and oxygen atoms in total. The second-order valence-electron chi connectivity index (χ2n) is 7.53. The van der Waals surface area contributed by atoms with Crippen molar-refractivity contribution in [3.05, 3.63) is 94.5 Å². The molecule has 2 fully saturated rings. The molecule has 2 amide bonds. The minimum atomic E-state index is -1.04. The number of hydrogen-bond donors (Lipinski definition) is 1. The van der Waals surface area contributed by atoms with Gasteiger partial charge in [0, 0.05) is 12.1 Å². The van der Waals surface area contributed by atoms with Crippen LogP contribution in [-0.4, -0.2) is 27.9 Å². The number of benzene rings is 3. The number of anilines is 2. The van der Waals surface area contributed by atoms with Crippen LogP contribution >= 0.6 is 0 Å². The first-order chi connectivity index (χ1) is 15.5. The highest BCUT2D eigenvalue weighted by Crippen LogP contribution is 2.47. The summed E-state index contributed by atoms with van der Waals surface area (Å²) in [6, 6.07) is 20.2. The number of nitro benzene ring substituents is 1. The second kappa shape index (κ2) is 7.47. The molecule has 2 saturated heterocycles. The lowest BCUT2D eigenvalue weighted by Gasteiger charge is -2.28. The summed E-state index contributed by atoms with van der Waals surface area (Å²) < 4.78 is 0. The third kappa shape index (κ3) is 3.07. The molecule has 0 spiro atoms. The maximum Gasteiger partial charge on any atom is 0.269 e. The van der Waals surface area contributed by atoms with Gasteiger partial charge in [-0.3, -0.25) is 24.5 Å². The van der Waals surface area contributed by atoms with Crippen LogP contribution in [0.4, 0.5) is 17.1 Å². The lowest BCUT2D eigenvalue weighted by molar-refractivity contribution is -0.384. The number of rotatable bonds is 4. The van der Waals surface area contributed by atoms with E-state index in [9.17, 15) is 24.8 Å². The lowest BCUT2D eigenvalue weighted by Crippen LogP contribution is -2.37. The number of aromatic hydroxyl groups is 1. The Morgan fingerprint density at radius 1 is 0.844 bits per heavy atom. The number of para-hydroxylation sites is 1. The number of carbonyl (C=O) groups is 2. The molecular formula is C23H17N3O6. The van der Waals surface area contributed by atoms with E-state index in [0.717, 1.165) is 4.90 Å². The van der Waals surface area contributed by atoms with Crippen LogP contribution in [0.15, 0.2) is 78.9 Å². The topological polar surface area (TPSA) is 113 Å². The Labute approximate surface area is 182 Å². The number of carbonyl (C=O) groups excluding carboxylic acids is 2. The zero-order chi connectivity index (χ0) is 22.4. The SMILES string of the molecule is O=C1[C@H]2[C@@H](c3ccc(O)cc3)N(c3ccccc3)O[C@H]2C(=O)N1c1ccc([N+](=O)[O-])cc1. The molecule has 0 bridgehead atoms. The summed E-state index contributed by atoms with van der Waals surface area (Å²) in [6.07, 6.45) is -1.04. The highest BCUT2D eigenvalue weighted by atomic mass is 16.7. The molecule has 5 rings (SSSR count). The number of hydrogen-bond acceptors (Lipinski definition) is 7. The van der Waals surface area contributed by atoms with Gasteiger partial charge < -0.3 is 5.11 Å². The Morgan fingerprint density at radius 2 is 1.50 bits per heavy atom. The fourth-order valence-corrected chi connectivity index (χ4v) is 4.20. The van der Waals surface area contributed by atoms with Crippen LogP contribution in [0.2, 0.25) is 0 Å². The van der Waals surface area contributed by atoms with Gasteiger partial charge in [0.2, 0.25) is 5.91 Å². The third-order valence-electron chi connectivity index (χ3n) is 5.68. The molecule has 2 aliphatic rings. The average molecular weight is 431 g/mol. The number of non-ortho nitro benzene ring substituents is 1. The Morgan fingerprint density at radius 3 is 2.12 bits per heavy atom. The van der Waals surface area contributed by atoms with E-state index in [4.69, 9.17) is 4.84 Å². The van der Waals surface area contributed by atoms with Gasteiger partial charge in [0.15, 0.2) is 6.10 Å². The maximum absolute atomic E-state index is 13.5. The van der Waals surface area contributed by atoms with Gasteiger partial charge in [-0.25, -0.2) is 9.96 Å². The molecule has 2 heterocycles. The van der Waals surface area contributed by atoms with Crippen molar-refractivity contribution < 1.29 is 24.5 Å². The zero-order valence-corrected chi connectivity index (χ0v) is 16.6. The summed E-state index contributed by atoms with van der Waals surface area (Å²) in [6.45, 7) is 0. The van der Waals surface area contributed by atoms with Gasteiger partial charge in [-0.1, -0.05) is 30.3 Å². The third-order valence-corrected chi connectivity index (χ3v) is 5.68. The van der Waals surface area contributed by atoms with E-state index in [1.54, 1.807) is 17.2 Å². The van der Waals surface area contributed by atoms with E-state index in [2.05, 4.69) is 0 Å². The van der Waals surface area contributed by atoms with Gasteiger partial charge in [0.05, 0.1) is 22.3 Å². The molecular weight excluding hydrogens is 414 g/mol. The fraction of sp³-hybridized carbons (Fsp3) is 0.130. The van der Waals surface area contributed by atoms with Gasteiger partial charge in [-0.15, -0.1) is 0 Å². The van der Waals surface area contributed by atoms with Crippen LogP contribution in [0.25, 0.3) is 0 Å². The van der Waals surface area contributed by atoms with Gasteiger partial charge in [0.25, 0.3) is 11.6 Å². The van der Waals surface area contributed by atoms with Crippen molar-refractivity contribution in [1.29, 1.82) is 0 Å². The first kappa shape index (κ1) is 19.7. The van der Waals surface area contributed by atoms with Crippen molar-refractivity contribution in [3.8, 4) is 5.75 Å². The zero-order valence-electron chi connectivity index (χ0n) is 16.6. The van der Waals surface area contributed by atoms with Crippen molar-refractivity contribution >= 4 is 28.9 Å². The summed E-state index contributed by atoms with van der Waals surface area (Å²) in [5.41, 5.74) is 1.49. The van der Waals surface area contributed by atoms with E-state index < -0.39 is 34.8 Å². The average Bonchev–Trinajstić information content (AvgIpc) is 3.31. The van der Waals surface area contributed by atoms with E-state index in [1.807, 2.05) is 30.3 Å². The molecule has 32 heavy (non-hydrogen) atoms. The number of nitrogens with zero attached hydrogens (tertiary/aromatic N) is 3. The highest BCUT2D eigenvalue weighted by Gasteiger charge is 2.60. The predicted molar refractivity (Wildman–Crippen MR) is 114 cm³/mol. The molecule has 3 aromatic rings. The smallest absolute Gasteiger partial charge is 0.269 e. The Balaban J connectivity index is 1.55. The summed E-state index contributed by atoms with van der Waals surface area (Å²) in [4.78, 5) is 44.1. The predicted octanol–water partition coefficient (Wildman–Crippen LogP) is 3.35. The summed E-state index contributed by atoms with van der Waals surface area (Å²) in [7, 11) is 0. The van der Waals surface area contributed by atoms with Crippen LogP contribution in [0.5, 0.6) is 5.75 Å². The quantitative estimate of drug-likeness (QED) is 0.383. The first-order valence-corrected chi connectivity index (χ1v) is 9.88. The molecule has 0 saturated carbocycles. The molecule has 2 aliphatic heterocycles. The molecule has 9 heteroatoms. The van der Waals surface area contributed by atoms with E-state index in [0.29, 0.717) is 11.3 Å². The summed E-state index contributed by atoms with van der Waals surface area (Å²) in [5.74, 6) is -1.74. The minimum absolute atomic E-state index is 0.0804. The molecule has 0 radical (unpaired) electrons. The molecule has 1 N–H and O–H groups in total. The fourth-order valence-electron chi connectivity index (χ4n) is 4.20. The number of imide groups is 1. The number of hydroxylamine groups is 1. The Bertz CT molecular complexity index is 1200. The van der Waals surface area contributed by atoms with Crippen molar-refractivity contribution in [2.24, 2.45) is 5.92 Å². The van der Waals surface area contributed by atoms with Crippen molar-refractivity contribution in [2.45, 2.75) is 12.1 Å². The molecule has 0 unspecified atom stereocenters. The van der Waals surface area contributed by atoms with Crippen LogP contribution in [-0.2, 0) is 14.4 Å². The van der Waals surface area contributed by atoms with Crippen LogP contribution in [0.3, 0.4) is 0 Å². The van der Waals surface area contributed by atoms with Crippen molar-refractivity contribution in [2.75, 3.05) is 9.96 Å². The molecule has 3 atom stereocenters. The van der Waals surface area contributed by atoms with Crippen LogP contribution in [0.1, 0.15) is 11.6 Å². The van der Waals surface area contributed by atoms with Gasteiger partial charge >= 0.3 is 0 Å². The van der Waals surface area contributed by atoms with Gasteiger partial charge in [-0.2, -0.15) is 0 Å². The summed E-state index contributed by atoms with van der Waals surface area (Å²) in [5, 5.41) is 22.2. The van der Waals surface area contributed by atoms with Crippen LogP contribution in [0, 0.1) is 16.0 Å². The molecule has 0 aliphatic carbocycles. The van der Waals surface area contributed by atoms with Gasteiger partial charge in [-0.05, 0) is 42.0 Å². The second-order valence-corrected chi connectivity index (χ2v) is 7.53. The first-order valence-electron chi connectivity index (χ1n) is 9.88. The van der Waals surface area contributed by atoms with E-state index in [1.165, 1.54) is 36.4 Å². The standard InChI is InChI=1S/C23H17N3O6/c27-18-12-6-14(7-13-18)20-19-21(32-25(20)16-4-2-1-3-5-16)23(29)24(22(19)28)15-8-10-17(11-9-15)26(30)31/h1-13,19-21,27H/t19-,20+,21+/m0/s1. The minimum Gasteiger partial charge on any atom is -0.508 e. The summed E-state index contributed by atoms with van der Waals surface area (Å²) >= 11 is 0. The lowest BCUT2D eigenvalue weighted by atomic mass is 9.90. The number of fused-ring (bicyclic) bond motifs is 1. The molecule has 0 aromatic heterocycles.